The molecular weight excluding hydrogens is 420 g/mol. The quantitative estimate of drug-likeness (QED) is 0.206. The van der Waals surface area contributed by atoms with Crippen molar-refractivity contribution in [1.82, 2.24) is 0 Å². The van der Waals surface area contributed by atoms with Gasteiger partial charge in [0.25, 0.3) is 10.1 Å². The van der Waals surface area contributed by atoms with Gasteiger partial charge in [0.05, 0.1) is 12.4 Å². The predicted molar refractivity (Wildman–Crippen MR) is 111 cm³/mol. The SMILES string of the molecule is COC(OC)[C@@H]1[C@H](CC=CCCCC(=O)O)[C@H](OS(C)(=O)=O)CC[C@@H]1SC(C)=O. The zero-order valence-electron chi connectivity index (χ0n) is 17.4. The molecule has 168 valence electrons. The van der Waals surface area contributed by atoms with Gasteiger partial charge in [-0.2, -0.15) is 8.42 Å². The minimum atomic E-state index is -3.65. The molecule has 0 spiro atoms. The standard InChI is InChI=1S/C19H32O8S2/c1-13(20)28-16-12-11-15(27-29(4,23)24)14(18(16)19(25-2)26-3)9-7-5-6-8-10-17(21)22/h5,7,14-16,18-19H,6,8-12H2,1-4H3,(H,21,22)/t14-,15-,16+,18-/m1/s1. The number of carboxylic acids is 1. The highest BCUT2D eigenvalue weighted by Crippen LogP contribution is 2.44. The summed E-state index contributed by atoms with van der Waals surface area (Å²) < 4.78 is 39.9. The second-order valence-electron chi connectivity index (χ2n) is 7.14. The van der Waals surface area contributed by atoms with E-state index in [2.05, 4.69) is 0 Å². The third-order valence-corrected chi connectivity index (χ3v) is 6.65. The third-order valence-electron chi connectivity index (χ3n) is 4.87. The lowest BCUT2D eigenvalue weighted by Crippen LogP contribution is -2.48. The smallest absolute Gasteiger partial charge is 0.303 e. The number of aliphatic carboxylic acids is 1. The lowest BCUT2D eigenvalue weighted by molar-refractivity contribution is -0.164. The maximum atomic E-state index is 11.8. The highest BCUT2D eigenvalue weighted by molar-refractivity contribution is 8.14. The van der Waals surface area contributed by atoms with Crippen molar-refractivity contribution < 1.29 is 36.8 Å². The number of methoxy groups -OCH3 is 2. The van der Waals surface area contributed by atoms with Gasteiger partial charge < -0.3 is 14.6 Å². The number of carbonyl (C=O) groups excluding carboxylic acids is 1. The highest BCUT2D eigenvalue weighted by Gasteiger charge is 2.45. The number of carboxylic acid groups (broad SMARTS) is 1. The number of hydrogen-bond acceptors (Lipinski definition) is 8. The Kier molecular flexibility index (Phi) is 11.4. The second kappa shape index (κ2) is 12.7. The van der Waals surface area contributed by atoms with Gasteiger partial charge in [0, 0.05) is 38.7 Å². The molecule has 0 unspecified atom stereocenters. The van der Waals surface area contributed by atoms with Crippen LogP contribution >= 0.6 is 11.8 Å². The molecule has 0 aromatic heterocycles. The van der Waals surface area contributed by atoms with E-state index < -0.39 is 28.5 Å². The van der Waals surface area contributed by atoms with E-state index in [4.69, 9.17) is 18.8 Å². The molecule has 0 radical (unpaired) electrons. The minimum Gasteiger partial charge on any atom is -0.481 e. The monoisotopic (exact) mass is 452 g/mol. The summed E-state index contributed by atoms with van der Waals surface area (Å²) in [6.45, 7) is 1.51. The molecule has 0 bridgehead atoms. The van der Waals surface area contributed by atoms with Gasteiger partial charge in [-0.05, 0) is 38.0 Å². The van der Waals surface area contributed by atoms with Crippen LogP contribution in [0.15, 0.2) is 12.2 Å². The number of allylic oxidation sites excluding steroid dienone is 2. The molecule has 0 heterocycles. The molecule has 1 aliphatic carbocycles. The first-order valence-electron chi connectivity index (χ1n) is 9.56. The van der Waals surface area contributed by atoms with Gasteiger partial charge in [0.2, 0.25) is 0 Å². The Morgan fingerprint density at radius 3 is 2.38 bits per heavy atom. The van der Waals surface area contributed by atoms with Crippen LogP contribution in [0.25, 0.3) is 0 Å². The summed E-state index contributed by atoms with van der Waals surface area (Å²) in [4.78, 5) is 22.4. The Hall–Kier alpha value is -0.940. The Bertz CT molecular complexity index is 657. The molecule has 1 saturated carbocycles. The van der Waals surface area contributed by atoms with Crippen molar-refractivity contribution in [2.75, 3.05) is 20.5 Å². The molecule has 0 amide bonds. The van der Waals surface area contributed by atoms with Crippen LogP contribution < -0.4 is 0 Å². The summed E-state index contributed by atoms with van der Waals surface area (Å²) in [6.07, 6.45) is 6.56. The fraction of sp³-hybridized carbons (Fsp3) is 0.789. The van der Waals surface area contributed by atoms with Crippen LogP contribution in [0.1, 0.15) is 45.4 Å². The van der Waals surface area contributed by atoms with E-state index in [1.165, 1.54) is 32.9 Å². The molecule has 8 nitrogen and oxygen atoms in total. The zero-order valence-corrected chi connectivity index (χ0v) is 19.0. The first kappa shape index (κ1) is 26.1. The van der Waals surface area contributed by atoms with Crippen molar-refractivity contribution in [1.29, 1.82) is 0 Å². The molecule has 0 aliphatic heterocycles. The summed E-state index contributed by atoms with van der Waals surface area (Å²) in [5, 5.41) is 8.61. The lowest BCUT2D eigenvalue weighted by atomic mass is 9.74. The normalized spacial score (nSPS) is 25.6. The number of ether oxygens (including phenoxy) is 2. The van der Waals surface area contributed by atoms with Crippen LogP contribution in [-0.2, 0) is 33.4 Å². The number of carbonyl (C=O) groups is 2. The summed E-state index contributed by atoms with van der Waals surface area (Å²) in [5.74, 6) is -1.32. The summed E-state index contributed by atoms with van der Waals surface area (Å²) in [7, 11) is -0.619. The van der Waals surface area contributed by atoms with Gasteiger partial charge in [-0.3, -0.25) is 13.8 Å². The van der Waals surface area contributed by atoms with Gasteiger partial charge in [0.15, 0.2) is 11.4 Å². The van der Waals surface area contributed by atoms with Crippen molar-refractivity contribution in [2.24, 2.45) is 11.8 Å². The van der Waals surface area contributed by atoms with Crippen LogP contribution in [0.5, 0.6) is 0 Å². The van der Waals surface area contributed by atoms with Crippen molar-refractivity contribution in [3.05, 3.63) is 12.2 Å². The summed E-state index contributed by atoms with van der Waals surface area (Å²) >= 11 is 1.22. The van der Waals surface area contributed by atoms with Crippen molar-refractivity contribution >= 4 is 33.0 Å². The van der Waals surface area contributed by atoms with Crippen molar-refractivity contribution in [2.45, 2.75) is 63.1 Å². The fourth-order valence-electron chi connectivity index (χ4n) is 3.79. The topological polar surface area (TPSA) is 116 Å². The Balaban J connectivity index is 3.05. The summed E-state index contributed by atoms with van der Waals surface area (Å²) in [6, 6.07) is 0. The highest BCUT2D eigenvalue weighted by atomic mass is 32.2. The van der Waals surface area contributed by atoms with Crippen LogP contribution in [-0.4, -0.2) is 62.7 Å². The van der Waals surface area contributed by atoms with Crippen molar-refractivity contribution in [3.8, 4) is 0 Å². The molecule has 1 aliphatic rings. The molecule has 10 heteroatoms. The number of hydrogen-bond donors (Lipinski definition) is 1. The molecule has 1 fully saturated rings. The lowest BCUT2D eigenvalue weighted by Gasteiger charge is -2.44. The van der Waals surface area contributed by atoms with Gasteiger partial charge in [-0.1, -0.05) is 23.9 Å². The van der Waals surface area contributed by atoms with E-state index in [0.717, 1.165) is 6.26 Å². The van der Waals surface area contributed by atoms with E-state index in [1.807, 2.05) is 12.2 Å². The fourth-order valence-corrected chi connectivity index (χ4v) is 5.65. The predicted octanol–water partition coefficient (Wildman–Crippen LogP) is 2.83. The Labute approximate surface area is 177 Å². The van der Waals surface area contributed by atoms with Crippen LogP contribution in [0, 0.1) is 11.8 Å². The number of rotatable bonds is 12. The zero-order chi connectivity index (χ0) is 22.0. The second-order valence-corrected chi connectivity index (χ2v) is 10.2. The average Bonchev–Trinajstić information content (AvgIpc) is 2.60. The molecule has 0 aromatic carbocycles. The van der Waals surface area contributed by atoms with Crippen molar-refractivity contribution in [3.63, 3.8) is 0 Å². The largest absolute Gasteiger partial charge is 0.481 e. The van der Waals surface area contributed by atoms with Gasteiger partial charge in [-0.25, -0.2) is 0 Å². The minimum absolute atomic E-state index is 0.0172. The molecule has 0 saturated heterocycles. The van der Waals surface area contributed by atoms with E-state index in [9.17, 15) is 18.0 Å². The third kappa shape index (κ3) is 9.61. The summed E-state index contributed by atoms with van der Waals surface area (Å²) in [5.41, 5.74) is 0. The first-order valence-corrected chi connectivity index (χ1v) is 12.3. The molecule has 0 aromatic rings. The molecule has 1 N–H and O–H groups in total. The van der Waals surface area contributed by atoms with E-state index >= 15 is 0 Å². The molecule has 29 heavy (non-hydrogen) atoms. The van der Waals surface area contributed by atoms with Crippen LogP contribution in [0.2, 0.25) is 0 Å². The average molecular weight is 453 g/mol. The van der Waals surface area contributed by atoms with E-state index in [0.29, 0.717) is 32.1 Å². The first-order chi connectivity index (χ1) is 13.6. The van der Waals surface area contributed by atoms with Gasteiger partial charge in [-0.15, -0.1) is 0 Å². The Morgan fingerprint density at radius 2 is 1.86 bits per heavy atom. The number of thioether (sulfide) groups is 1. The maximum Gasteiger partial charge on any atom is 0.303 e. The van der Waals surface area contributed by atoms with E-state index in [1.54, 1.807) is 0 Å². The molecule has 1 rings (SSSR count). The molecular formula is C19H32O8S2. The number of unbranched alkanes of at least 4 members (excludes halogenated alkanes) is 1. The van der Waals surface area contributed by atoms with Crippen LogP contribution in [0.4, 0.5) is 0 Å². The van der Waals surface area contributed by atoms with E-state index in [-0.39, 0.29) is 28.6 Å². The van der Waals surface area contributed by atoms with Gasteiger partial charge >= 0.3 is 5.97 Å². The Morgan fingerprint density at radius 1 is 1.21 bits per heavy atom. The maximum absolute atomic E-state index is 11.8. The van der Waals surface area contributed by atoms with Crippen LogP contribution in [0.3, 0.4) is 0 Å². The van der Waals surface area contributed by atoms with Gasteiger partial charge in [0.1, 0.15) is 0 Å². The molecule has 4 atom stereocenters.